The van der Waals surface area contributed by atoms with E-state index in [1.165, 1.54) is 12.1 Å². The quantitative estimate of drug-likeness (QED) is 0.889. The Labute approximate surface area is 127 Å². The number of carbonyl (C=O) groups excluding carboxylic acids is 1. The maximum Gasteiger partial charge on any atom is 0.238 e. The first-order valence-corrected chi connectivity index (χ1v) is 6.85. The maximum atomic E-state index is 13.0. The summed E-state index contributed by atoms with van der Waals surface area (Å²) in [6.45, 7) is 0.889. The zero-order valence-corrected chi connectivity index (χ0v) is 11.8. The van der Waals surface area contributed by atoms with Crippen molar-refractivity contribution in [2.24, 2.45) is 0 Å². The summed E-state index contributed by atoms with van der Waals surface area (Å²) in [5.74, 6) is 0.827. The summed E-state index contributed by atoms with van der Waals surface area (Å²) in [4.78, 5) is 11.8. The number of ether oxygens (including phenoxy) is 2. The first-order chi connectivity index (χ1) is 10.7. The number of fused-ring (bicyclic) bond motifs is 1. The van der Waals surface area contributed by atoms with E-state index in [1.54, 1.807) is 12.1 Å². The smallest absolute Gasteiger partial charge is 0.238 e. The van der Waals surface area contributed by atoms with Gasteiger partial charge in [-0.2, -0.15) is 0 Å². The molecule has 0 atom stereocenters. The number of amides is 1. The number of anilines is 1. The van der Waals surface area contributed by atoms with Gasteiger partial charge in [0, 0.05) is 12.2 Å². The molecule has 0 fully saturated rings. The SMILES string of the molecule is O=C(CNCc1ccc2c(c1)OCO2)Nc1cccc(F)c1. The monoisotopic (exact) mass is 302 g/mol. The number of carbonyl (C=O) groups is 1. The molecule has 1 aliphatic heterocycles. The van der Waals surface area contributed by atoms with Crippen molar-refractivity contribution in [3.05, 3.63) is 53.8 Å². The molecule has 2 aromatic rings. The van der Waals surface area contributed by atoms with E-state index in [-0.39, 0.29) is 25.1 Å². The zero-order chi connectivity index (χ0) is 15.4. The van der Waals surface area contributed by atoms with Gasteiger partial charge >= 0.3 is 0 Å². The molecule has 0 bridgehead atoms. The molecule has 114 valence electrons. The van der Waals surface area contributed by atoms with Crippen LogP contribution in [0.1, 0.15) is 5.56 Å². The van der Waals surface area contributed by atoms with E-state index >= 15 is 0 Å². The highest BCUT2D eigenvalue weighted by molar-refractivity contribution is 5.92. The Bertz CT molecular complexity index is 691. The van der Waals surface area contributed by atoms with E-state index in [4.69, 9.17) is 9.47 Å². The first kappa shape index (κ1) is 14.3. The molecule has 2 aromatic carbocycles. The third-order valence-electron chi connectivity index (χ3n) is 3.16. The van der Waals surface area contributed by atoms with Crippen LogP contribution < -0.4 is 20.1 Å². The Balaban J connectivity index is 1.47. The Kier molecular flexibility index (Phi) is 4.20. The minimum absolute atomic E-state index is 0.130. The van der Waals surface area contributed by atoms with E-state index in [0.717, 1.165) is 11.3 Å². The van der Waals surface area contributed by atoms with Crippen LogP contribution in [0.2, 0.25) is 0 Å². The fourth-order valence-electron chi connectivity index (χ4n) is 2.14. The molecule has 0 aromatic heterocycles. The van der Waals surface area contributed by atoms with Crippen LogP contribution in [0.3, 0.4) is 0 Å². The van der Waals surface area contributed by atoms with Gasteiger partial charge in [0.25, 0.3) is 0 Å². The summed E-state index contributed by atoms with van der Waals surface area (Å²) in [5.41, 5.74) is 1.43. The van der Waals surface area contributed by atoms with E-state index < -0.39 is 0 Å². The Hall–Kier alpha value is -2.60. The van der Waals surface area contributed by atoms with Gasteiger partial charge in [-0.25, -0.2) is 4.39 Å². The lowest BCUT2D eigenvalue weighted by Crippen LogP contribution is -2.27. The Morgan fingerprint density at radius 2 is 2.00 bits per heavy atom. The molecule has 3 rings (SSSR count). The number of hydrogen-bond acceptors (Lipinski definition) is 4. The van der Waals surface area contributed by atoms with E-state index in [9.17, 15) is 9.18 Å². The predicted octanol–water partition coefficient (Wildman–Crippen LogP) is 2.28. The molecule has 0 saturated heterocycles. The van der Waals surface area contributed by atoms with Crippen LogP contribution in [0.15, 0.2) is 42.5 Å². The second kappa shape index (κ2) is 6.44. The molecule has 0 spiro atoms. The van der Waals surface area contributed by atoms with E-state index in [1.807, 2.05) is 18.2 Å². The minimum atomic E-state index is -0.383. The van der Waals surface area contributed by atoms with Crippen molar-refractivity contribution in [3.8, 4) is 11.5 Å². The van der Waals surface area contributed by atoms with Crippen molar-refractivity contribution in [2.45, 2.75) is 6.54 Å². The largest absolute Gasteiger partial charge is 0.454 e. The summed E-state index contributed by atoms with van der Waals surface area (Å²) in [7, 11) is 0. The average molecular weight is 302 g/mol. The van der Waals surface area contributed by atoms with Gasteiger partial charge in [-0.3, -0.25) is 4.79 Å². The number of hydrogen-bond donors (Lipinski definition) is 2. The second-order valence-electron chi connectivity index (χ2n) is 4.85. The van der Waals surface area contributed by atoms with Crippen LogP contribution in [-0.4, -0.2) is 19.2 Å². The molecule has 0 unspecified atom stereocenters. The van der Waals surface area contributed by atoms with Crippen molar-refractivity contribution in [1.29, 1.82) is 0 Å². The van der Waals surface area contributed by atoms with Crippen LogP contribution in [0, 0.1) is 5.82 Å². The van der Waals surface area contributed by atoms with Crippen LogP contribution in [-0.2, 0) is 11.3 Å². The van der Waals surface area contributed by atoms with Crippen LogP contribution in [0.25, 0.3) is 0 Å². The number of rotatable bonds is 5. The lowest BCUT2D eigenvalue weighted by atomic mass is 10.2. The van der Waals surface area contributed by atoms with Gasteiger partial charge in [0.05, 0.1) is 6.54 Å². The number of nitrogens with one attached hydrogen (secondary N) is 2. The van der Waals surface area contributed by atoms with Gasteiger partial charge in [0.2, 0.25) is 12.7 Å². The summed E-state index contributed by atoms with van der Waals surface area (Å²) in [6, 6.07) is 11.4. The highest BCUT2D eigenvalue weighted by atomic mass is 19.1. The fraction of sp³-hybridized carbons (Fsp3) is 0.188. The first-order valence-electron chi connectivity index (χ1n) is 6.85. The summed E-state index contributed by atoms with van der Waals surface area (Å²) < 4.78 is 23.5. The van der Waals surface area contributed by atoms with Crippen LogP contribution in [0.5, 0.6) is 11.5 Å². The highest BCUT2D eigenvalue weighted by Gasteiger charge is 2.13. The van der Waals surface area contributed by atoms with E-state index in [2.05, 4.69) is 10.6 Å². The maximum absolute atomic E-state index is 13.0. The third-order valence-corrected chi connectivity index (χ3v) is 3.16. The molecule has 22 heavy (non-hydrogen) atoms. The standard InChI is InChI=1S/C16H15FN2O3/c17-12-2-1-3-13(7-12)19-16(20)9-18-8-11-4-5-14-15(6-11)22-10-21-14/h1-7,18H,8-10H2,(H,19,20). The van der Waals surface area contributed by atoms with Crippen molar-refractivity contribution < 1.29 is 18.7 Å². The van der Waals surface area contributed by atoms with Crippen LogP contribution in [0.4, 0.5) is 10.1 Å². The molecule has 2 N–H and O–H groups in total. The Morgan fingerprint density at radius 1 is 1.14 bits per heavy atom. The van der Waals surface area contributed by atoms with Crippen molar-refractivity contribution in [1.82, 2.24) is 5.32 Å². The van der Waals surface area contributed by atoms with Crippen LogP contribution >= 0.6 is 0 Å². The lowest BCUT2D eigenvalue weighted by molar-refractivity contribution is -0.115. The van der Waals surface area contributed by atoms with Crippen molar-refractivity contribution >= 4 is 11.6 Å². The van der Waals surface area contributed by atoms with Gasteiger partial charge < -0.3 is 20.1 Å². The molecular weight excluding hydrogens is 287 g/mol. The van der Waals surface area contributed by atoms with Crippen molar-refractivity contribution in [3.63, 3.8) is 0 Å². The van der Waals surface area contributed by atoms with Gasteiger partial charge in [-0.05, 0) is 35.9 Å². The third kappa shape index (κ3) is 3.53. The molecule has 5 nitrogen and oxygen atoms in total. The molecule has 0 aliphatic carbocycles. The van der Waals surface area contributed by atoms with Gasteiger partial charge in [0.1, 0.15) is 5.82 Å². The van der Waals surface area contributed by atoms with E-state index in [0.29, 0.717) is 18.0 Å². The molecule has 1 amide bonds. The molecule has 0 radical (unpaired) electrons. The minimum Gasteiger partial charge on any atom is -0.454 e. The molecule has 1 heterocycles. The molecule has 0 saturated carbocycles. The zero-order valence-electron chi connectivity index (χ0n) is 11.8. The van der Waals surface area contributed by atoms with Gasteiger partial charge in [0.15, 0.2) is 11.5 Å². The highest BCUT2D eigenvalue weighted by Crippen LogP contribution is 2.32. The van der Waals surface area contributed by atoms with Gasteiger partial charge in [-0.1, -0.05) is 12.1 Å². The second-order valence-corrected chi connectivity index (χ2v) is 4.85. The Morgan fingerprint density at radius 3 is 2.86 bits per heavy atom. The number of halogens is 1. The van der Waals surface area contributed by atoms with Crippen molar-refractivity contribution in [2.75, 3.05) is 18.7 Å². The summed E-state index contributed by atoms with van der Waals surface area (Å²) in [5, 5.41) is 5.65. The fourth-order valence-corrected chi connectivity index (χ4v) is 2.14. The lowest BCUT2D eigenvalue weighted by Gasteiger charge is -2.07. The summed E-state index contributed by atoms with van der Waals surface area (Å²) >= 11 is 0. The number of benzene rings is 2. The average Bonchev–Trinajstić information content (AvgIpc) is 2.95. The molecule has 6 heteroatoms. The topological polar surface area (TPSA) is 59.6 Å². The summed E-state index contributed by atoms with van der Waals surface area (Å²) in [6.07, 6.45) is 0. The normalized spacial score (nSPS) is 12.2. The molecule has 1 aliphatic rings. The predicted molar refractivity (Wildman–Crippen MR) is 79.3 cm³/mol. The molecular formula is C16H15FN2O3. The van der Waals surface area contributed by atoms with Gasteiger partial charge in [-0.15, -0.1) is 0 Å².